The summed E-state index contributed by atoms with van der Waals surface area (Å²) in [6, 6.07) is 11.8. The molecule has 136 valence electrons. The monoisotopic (exact) mass is 375 g/mol. The van der Waals surface area contributed by atoms with Crippen molar-refractivity contribution < 1.29 is 9.13 Å². The van der Waals surface area contributed by atoms with Crippen molar-refractivity contribution in [3.05, 3.63) is 75.0 Å². The van der Waals surface area contributed by atoms with E-state index in [4.69, 9.17) is 16.3 Å². The summed E-state index contributed by atoms with van der Waals surface area (Å²) in [5.41, 5.74) is 0.844. The normalized spacial score (nSPS) is 11.4. The van der Waals surface area contributed by atoms with Gasteiger partial charge >= 0.3 is 0 Å². The highest BCUT2D eigenvalue weighted by molar-refractivity contribution is 6.31. The maximum atomic E-state index is 14.1. The highest BCUT2D eigenvalue weighted by Crippen LogP contribution is 2.21. The minimum absolute atomic E-state index is 0.193. The molecule has 1 N–H and O–H groups in total. The van der Waals surface area contributed by atoms with E-state index in [1.54, 1.807) is 37.4 Å². The summed E-state index contributed by atoms with van der Waals surface area (Å²) in [6.45, 7) is 1.63. The smallest absolute Gasteiger partial charge is 0.258 e. The van der Waals surface area contributed by atoms with E-state index >= 15 is 0 Å². The van der Waals surface area contributed by atoms with E-state index in [1.807, 2.05) is 11.0 Å². The van der Waals surface area contributed by atoms with Gasteiger partial charge in [0.15, 0.2) is 0 Å². The number of halogens is 2. The Morgan fingerprint density at radius 2 is 2.00 bits per heavy atom. The zero-order valence-electron chi connectivity index (χ0n) is 14.3. The third-order valence-corrected chi connectivity index (χ3v) is 4.44. The molecule has 5 nitrogen and oxygen atoms in total. The molecule has 0 aliphatic rings. The van der Waals surface area contributed by atoms with Gasteiger partial charge in [0.25, 0.3) is 5.56 Å². The van der Waals surface area contributed by atoms with Crippen LogP contribution in [0.2, 0.25) is 5.02 Å². The number of H-pyrrole nitrogens is 1. The Bertz CT molecular complexity index is 941. The minimum Gasteiger partial charge on any atom is -0.383 e. The molecular weight excluding hydrogens is 357 g/mol. The van der Waals surface area contributed by atoms with Crippen molar-refractivity contribution in [2.45, 2.75) is 13.1 Å². The predicted octanol–water partition coefficient (Wildman–Crippen LogP) is 3.36. The predicted molar refractivity (Wildman–Crippen MR) is 99.8 cm³/mol. The molecule has 7 heteroatoms. The maximum Gasteiger partial charge on any atom is 0.258 e. The number of hydrogen-bond donors (Lipinski definition) is 1. The van der Waals surface area contributed by atoms with Gasteiger partial charge in [-0.2, -0.15) is 0 Å². The Morgan fingerprint density at radius 1 is 1.19 bits per heavy atom. The zero-order chi connectivity index (χ0) is 18.5. The Balaban J connectivity index is 1.88. The van der Waals surface area contributed by atoms with Crippen molar-refractivity contribution in [1.82, 2.24) is 14.9 Å². The van der Waals surface area contributed by atoms with Crippen LogP contribution >= 0.6 is 11.6 Å². The number of para-hydroxylation sites is 1. The van der Waals surface area contributed by atoms with E-state index in [2.05, 4.69) is 9.97 Å². The third kappa shape index (κ3) is 4.27. The number of aromatic amines is 1. The van der Waals surface area contributed by atoms with Crippen LogP contribution in [0.25, 0.3) is 10.9 Å². The van der Waals surface area contributed by atoms with Crippen molar-refractivity contribution >= 4 is 22.5 Å². The molecule has 1 heterocycles. The number of aromatic nitrogens is 2. The topological polar surface area (TPSA) is 58.2 Å². The standard InChI is InChI=1S/C19H19ClFN3O2/c1-26-10-9-24(11-14-15(20)6-4-7-16(14)21)12-18-22-17-8-3-2-5-13(17)19(25)23-18/h2-8H,9-12H2,1H3,(H,22,23,25). The number of methoxy groups -OCH3 is 1. The van der Waals surface area contributed by atoms with Gasteiger partial charge in [-0.05, 0) is 24.3 Å². The van der Waals surface area contributed by atoms with Crippen molar-refractivity contribution in [2.75, 3.05) is 20.3 Å². The molecular formula is C19H19ClFN3O2. The number of ether oxygens (including phenoxy) is 1. The fourth-order valence-electron chi connectivity index (χ4n) is 2.76. The summed E-state index contributed by atoms with van der Waals surface area (Å²) in [6.07, 6.45) is 0. The Hall–Kier alpha value is -2.28. The minimum atomic E-state index is -0.361. The van der Waals surface area contributed by atoms with E-state index in [1.165, 1.54) is 6.07 Å². The Kier molecular flexibility index (Phi) is 5.98. The van der Waals surface area contributed by atoms with Gasteiger partial charge in [0, 0.05) is 30.8 Å². The van der Waals surface area contributed by atoms with E-state index in [-0.39, 0.29) is 17.9 Å². The molecule has 0 unspecified atom stereocenters. The quantitative estimate of drug-likeness (QED) is 0.688. The lowest BCUT2D eigenvalue weighted by atomic mass is 10.2. The number of fused-ring (bicyclic) bond motifs is 1. The highest BCUT2D eigenvalue weighted by Gasteiger charge is 2.15. The van der Waals surface area contributed by atoms with E-state index in [0.29, 0.717) is 47.0 Å². The van der Waals surface area contributed by atoms with Gasteiger partial charge in [-0.3, -0.25) is 9.69 Å². The average molecular weight is 376 g/mol. The summed E-state index contributed by atoms with van der Waals surface area (Å²) in [5, 5.41) is 0.907. The van der Waals surface area contributed by atoms with Gasteiger partial charge in [0.05, 0.1) is 24.1 Å². The molecule has 0 aliphatic heterocycles. The molecule has 2 aromatic carbocycles. The van der Waals surface area contributed by atoms with E-state index < -0.39 is 0 Å². The van der Waals surface area contributed by atoms with Crippen LogP contribution in [0, 0.1) is 5.82 Å². The molecule has 0 bridgehead atoms. The second-order valence-electron chi connectivity index (χ2n) is 5.93. The van der Waals surface area contributed by atoms with Crippen LogP contribution in [0.15, 0.2) is 47.3 Å². The second-order valence-corrected chi connectivity index (χ2v) is 6.34. The fraction of sp³-hybridized carbons (Fsp3) is 0.263. The van der Waals surface area contributed by atoms with E-state index in [0.717, 1.165) is 0 Å². The van der Waals surface area contributed by atoms with E-state index in [9.17, 15) is 9.18 Å². The molecule has 0 aliphatic carbocycles. The number of rotatable bonds is 7. The van der Waals surface area contributed by atoms with Gasteiger partial charge < -0.3 is 9.72 Å². The summed E-state index contributed by atoms with van der Waals surface area (Å²) < 4.78 is 19.3. The molecule has 0 fully saturated rings. The van der Waals surface area contributed by atoms with Crippen LogP contribution in [0.3, 0.4) is 0 Å². The van der Waals surface area contributed by atoms with Crippen LogP contribution in [0.1, 0.15) is 11.4 Å². The van der Waals surface area contributed by atoms with Gasteiger partial charge in [-0.15, -0.1) is 0 Å². The summed E-state index contributed by atoms with van der Waals surface area (Å²) in [4.78, 5) is 21.5. The van der Waals surface area contributed by atoms with Crippen molar-refractivity contribution in [1.29, 1.82) is 0 Å². The van der Waals surface area contributed by atoms with Crippen LogP contribution in [0.5, 0.6) is 0 Å². The van der Waals surface area contributed by atoms with Gasteiger partial charge in [0.2, 0.25) is 0 Å². The molecule has 26 heavy (non-hydrogen) atoms. The molecule has 0 spiro atoms. The van der Waals surface area contributed by atoms with Crippen molar-refractivity contribution in [2.24, 2.45) is 0 Å². The first-order valence-corrected chi connectivity index (χ1v) is 8.58. The number of nitrogens with one attached hydrogen (secondary N) is 1. The average Bonchev–Trinajstić information content (AvgIpc) is 2.62. The lowest BCUT2D eigenvalue weighted by Gasteiger charge is -2.22. The summed E-state index contributed by atoms with van der Waals surface area (Å²) >= 11 is 6.14. The molecule has 0 saturated heterocycles. The number of nitrogens with zero attached hydrogens (tertiary/aromatic N) is 2. The number of benzene rings is 2. The van der Waals surface area contributed by atoms with Crippen LogP contribution < -0.4 is 5.56 Å². The second kappa shape index (κ2) is 8.40. The third-order valence-electron chi connectivity index (χ3n) is 4.09. The zero-order valence-corrected chi connectivity index (χ0v) is 15.1. The Morgan fingerprint density at radius 3 is 2.77 bits per heavy atom. The van der Waals surface area contributed by atoms with Crippen molar-refractivity contribution in [3.63, 3.8) is 0 Å². The molecule has 1 aromatic heterocycles. The first-order valence-electron chi connectivity index (χ1n) is 8.20. The van der Waals surface area contributed by atoms with Crippen molar-refractivity contribution in [3.8, 4) is 0 Å². The van der Waals surface area contributed by atoms with Gasteiger partial charge in [0.1, 0.15) is 11.6 Å². The lowest BCUT2D eigenvalue weighted by Crippen LogP contribution is -2.29. The molecule has 0 saturated carbocycles. The van der Waals surface area contributed by atoms with Crippen LogP contribution in [-0.4, -0.2) is 35.1 Å². The molecule has 3 aromatic rings. The molecule has 3 rings (SSSR count). The largest absolute Gasteiger partial charge is 0.383 e. The SMILES string of the molecule is COCCN(Cc1nc2ccccc2c(=O)[nH]1)Cc1c(F)cccc1Cl. The highest BCUT2D eigenvalue weighted by atomic mass is 35.5. The maximum absolute atomic E-state index is 14.1. The van der Waals surface area contributed by atoms with Crippen LogP contribution in [-0.2, 0) is 17.8 Å². The Labute approximate surface area is 155 Å². The summed E-state index contributed by atoms with van der Waals surface area (Å²) in [7, 11) is 1.60. The van der Waals surface area contributed by atoms with Crippen LogP contribution in [0.4, 0.5) is 4.39 Å². The van der Waals surface area contributed by atoms with Gasteiger partial charge in [-0.1, -0.05) is 29.8 Å². The fourth-order valence-corrected chi connectivity index (χ4v) is 2.99. The first kappa shape index (κ1) is 18.5. The molecule has 0 radical (unpaired) electrons. The molecule has 0 amide bonds. The first-order chi connectivity index (χ1) is 12.6. The number of hydrogen-bond acceptors (Lipinski definition) is 4. The molecule has 0 atom stereocenters. The summed E-state index contributed by atoms with van der Waals surface area (Å²) in [5.74, 6) is 0.150. The van der Waals surface area contributed by atoms with Gasteiger partial charge in [-0.25, -0.2) is 9.37 Å². The lowest BCUT2D eigenvalue weighted by molar-refractivity contribution is 0.137.